The summed E-state index contributed by atoms with van der Waals surface area (Å²) in [4.78, 5) is 0.672. The van der Waals surface area contributed by atoms with Crippen LogP contribution in [-0.4, -0.2) is 24.9 Å². The van der Waals surface area contributed by atoms with E-state index in [-0.39, 0.29) is 5.75 Å². The molecule has 0 saturated heterocycles. The Morgan fingerprint density at radius 2 is 2.22 bits per heavy atom. The van der Waals surface area contributed by atoms with Crippen LogP contribution in [0.5, 0.6) is 5.75 Å². The second kappa shape index (κ2) is 4.15. The molecule has 7 nitrogen and oxygen atoms in total. The molecule has 2 heterocycles. The normalized spacial score (nSPS) is 11.6. The molecule has 90 valence electrons. The summed E-state index contributed by atoms with van der Waals surface area (Å²) >= 11 is 1.30. The molecule has 0 saturated carbocycles. The second-order valence-corrected chi connectivity index (χ2v) is 4.55. The van der Waals surface area contributed by atoms with Crippen molar-refractivity contribution in [2.45, 2.75) is 6.92 Å². The van der Waals surface area contributed by atoms with Crippen LogP contribution in [0.4, 0.5) is 10.8 Å². The van der Waals surface area contributed by atoms with Gasteiger partial charge in [-0.05, 0) is 30.7 Å². The molecule has 1 N–H and O–H groups in total. The van der Waals surface area contributed by atoms with Gasteiger partial charge in [-0.15, -0.1) is 25.5 Å². The number of hydrogen-bond donors (Lipinski definition) is 1. The van der Waals surface area contributed by atoms with Crippen molar-refractivity contribution < 1.29 is 5.11 Å². The van der Waals surface area contributed by atoms with Crippen molar-refractivity contribution in [3.8, 4) is 5.75 Å². The van der Waals surface area contributed by atoms with Crippen molar-refractivity contribution >= 4 is 27.1 Å². The lowest BCUT2D eigenvalue weighted by Crippen LogP contribution is -1.77. The van der Waals surface area contributed by atoms with Gasteiger partial charge in [0.05, 0.1) is 5.69 Å². The summed E-state index contributed by atoms with van der Waals surface area (Å²) in [7, 11) is 0. The van der Waals surface area contributed by atoms with Crippen molar-refractivity contribution in [3.05, 3.63) is 30.1 Å². The van der Waals surface area contributed by atoms with Gasteiger partial charge in [0.25, 0.3) is 5.13 Å². The quantitative estimate of drug-likeness (QED) is 0.717. The number of rotatable bonds is 2. The minimum absolute atomic E-state index is 0.243. The number of aromatic nitrogens is 4. The smallest absolute Gasteiger partial charge is 0.251 e. The fraction of sp³-hybridized carbons (Fsp3) is 0.100. The predicted molar refractivity (Wildman–Crippen MR) is 65.7 cm³/mol. The molecule has 0 fully saturated rings. The van der Waals surface area contributed by atoms with Crippen molar-refractivity contribution in [2.24, 2.45) is 10.2 Å². The van der Waals surface area contributed by atoms with Gasteiger partial charge in [0.15, 0.2) is 0 Å². The van der Waals surface area contributed by atoms with E-state index in [1.54, 1.807) is 29.6 Å². The number of fused-ring (bicyclic) bond motifs is 1. The van der Waals surface area contributed by atoms with Gasteiger partial charge < -0.3 is 5.11 Å². The van der Waals surface area contributed by atoms with Gasteiger partial charge >= 0.3 is 0 Å². The lowest BCUT2D eigenvalue weighted by Gasteiger charge is -1.97. The number of benzene rings is 1. The van der Waals surface area contributed by atoms with Crippen LogP contribution in [0.15, 0.2) is 34.8 Å². The molecule has 0 radical (unpaired) electrons. The molecule has 0 unspecified atom stereocenters. The van der Waals surface area contributed by atoms with Crippen LogP contribution in [0.2, 0.25) is 0 Å². The first kappa shape index (κ1) is 10.8. The highest BCUT2D eigenvalue weighted by molar-refractivity contribution is 7.20. The van der Waals surface area contributed by atoms with E-state index in [1.807, 2.05) is 0 Å². The van der Waals surface area contributed by atoms with Crippen molar-refractivity contribution in [1.29, 1.82) is 0 Å². The van der Waals surface area contributed by atoms with Crippen LogP contribution in [0, 0.1) is 6.92 Å². The highest BCUT2D eigenvalue weighted by Gasteiger charge is 2.03. The van der Waals surface area contributed by atoms with Crippen LogP contribution in [0.1, 0.15) is 5.56 Å². The minimum Gasteiger partial charge on any atom is -0.508 e. The maximum absolute atomic E-state index is 9.40. The Bertz CT molecular complexity index is 702. The first-order valence-corrected chi connectivity index (χ1v) is 5.92. The summed E-state index contributed by atoms with van der Waals surface area (Å²) in [5.41, 5.74) is 1.42. The highest BCUT2D eigenvalue weighted by Crippen LogP contribution is 2.26. The molecule has 0 aliphatic rings. The van der Waals surface area contributed by atoms with Crippen LogP contribution in [0.3, 0.4) is 0 Å². The lowest BCUT2D eigenvalue weighted by molar-refractivity contribution is 0.471. The van der Waals surface area contributed by atoms with E-state index in [1.165, 1.54) is 17.7 Å². The van der Waals surface area contributed by atoms with Gasteiger partial charge in [0.1, 0.15) is 12.1 Å². The fourth-order valence-corrected chi connectivity index (χ4v) is 2.04. The SMILES string of the molecule is Cc1cc(N=Nc2nn3cnnc3s2)ccc1O. The average molecular weight is 260 g/mol. The first-order chi connectivity index (χ1) is 8.72. The van der Waals surface area contributed by atoms with E-state index in [0.29, 0.717) is 15.8 Å². The molecule has 3 rings (SSSR count). The predicted octanol–water partition coefficient (Wildman–Crippen LogP) is 2.62. The number of nitrogens with zero attached hydrogens (tertiary/aromatic N) is 6. The number of phenolic OH excluding ortho intramolecular Hbond substituents is 1. The molecule has 8 heteroatoms. The molecule has 18 heavy (non-hydrogen) atoms. The summed E-state index contributed by atoms with van der Waals surface area (Å²) in [5.74, 6) is 0.243. The van der Waals surface area contributed by atoms with Gasteiger partial charge in [-0.2, -0.15) is 4.52 Å². The maximum Gasteiger partial charge on any atom is 0.251 e. The molecule has 0 atom stereocenters. The fourth-order valence-electron chi connectivity index (χ4n) is 1.39. The molecule has 0 amide bonds. The number of azo groups is 1. The molecule has 1 aromatic carbocycles. The molecule has 0 spiro atoms. The van der Waals surface area contributed by atoms with E-state index >= 15 is 0 Å². The second-order valence-electron chi connectivity index (χ2n) is 3.61. The monoisotopic (exact) mass is 260 g/mol. The number of hydrogen-bond acceptors (Lipinski definition) is 7. The summed E-state index contributed by atoms with van der Waals surface area (Å²) in [5, 5.41) is 29.7. The van der Waals surface area contributed by atoms with E-state index < -0.39 is 0 Å². The zero-order chi connectivity index (χ0) is 12.5. The van der Waals surface area contributed by atoms with Crippen LogP contribution >= 0.6 is 11.3 Å². The van der Waals surface area contributed by atoms with Gasteiger partial charge in [-0.3, -0.25) is 0 Å². The van der Waals surface area contributed by atoms with Crippen LogP contribution < -0.4 is 0 Å². The standard InChI is InChI=1S/C10H8N6OS/c1-6-4-7(2-3-8(6)17)12-13-9-15-16-5-11-14-10(16)18-9/h2-5,17H,1H3. The number of phenols is 1. The topological polar surface area (TPSA) is 88.0 Å². The van der Waals surface area contributed by atoms with Gasteiger partial charge in [0.2, 0.25) is 4.96 Å². The third-order valence-electron chi connectivity index (χ3n) is 2.31. The van der Waals surface area contributed by atoms with E-state index in [2.05, 4.69) is 25.5 Å². The van der Waals surface area contributed by atoms with E-state index in [9.17, 15) is 5.11 Å². The van der Waals surface area contributed by atoms with E-state index in [0.717, 1.165) is 5.56 Å². The minimum atomic E-state index is 0.243. The highest BCUT2D eigenvalue weighted by atomic mass is 32.1. The summed E-state index contributed by atoms with van der Waals surface area (Å²) < 4.78 is 1.54. The molecule has 3 aromatic rings. The summed E-state index contributed by atoms with van der Waals surface area (Å²) in [6.07, 6.45) is 1.51. The molecule has 2 aromatic heterocycles. The zero-order valence-corrected chi connectivity index (χ0v) is 10.2. The number of aryl methyl sites for hydroxylation is 1. The maximum atomic E-state index is 9.40. The Kier molecular flexibility index (Phi) is 2.49. The summed E-state index contributed by atoms with van der Waals surface area (Å²) in [6.45, 7) is 1.80. The third-order valence-corrected chi connectivity index (χ3v) is 3.10. The molecule has 0 bridgehead atoms. The molecular weight excluding hydrogens is 252 g/mol. The largest absolute Gasteiger partial charge is 0.508 e. The average Bonchev–Trinajstić information content (AvgIpc) is 2.91. The van der Waals surface area contributed by atoms with Crippen molar-refractivity contribution in [3.63, 3.8) is 0 Å². The summed E-state index contributed by atoms with van der Waals surface area (Å²) in [6, 6.07) is 5.02. The third kappa shape index (κ3) is 1.93. The number of aromatic hydroxyl groups is 1. The Labute approximate surface area is 105 Å². The van der Waals surface area contributed by atoms with Crippen molar-refractivity contribution in [2.75, 3.05) is 0 Å². The van der Waals surface area contributed by atoms with Gasteiger partial charge in [0, 0.05) is 0 Å². The van der Waals surface area contributed by atoms with Crippen molar-refractivity contribution in [1.82, 2.24) is 19.8 Å². The Morgan fingerprint density at radius 1 is 1.33 bits per heavy atom. The molecular formula is C10H8N6OS. The first-order valence-electron chi connectivity index (χ1n) is 5.10. The van der Waals surface area contributed by atoms with Crippen LogP contribution in [-0.2, 0) is 0 Å². The Balaban J connectivity index is 1.88. The Morgan fingerprint density at radius 3 is 3.00 bits per heavy atom. The van der Waals surface area contributed by atoms with Gasteiger partial charge in [-0.1, -0.05) is 11.3 Å². The van der Waals surface area contributed by atoms with E-state index in [4.69, 9.17) is 0 Å². The molecule has 0 aliphatic heterocycles. The van der Waals surface area contributed by atoms with Gasteiger partial charge in [-0.25, -0.2) is 0 Å². The van der Waals surface area contributed by atoms with Crippen LogP contribution in [0.25, 0.3) is 4.96 Å². The lowest BCUT2D eigenvalue weighted by atomic mass is 10.2. The Hall–Kier alpha value is -2.35. The zero-order valence-electron chi connectivity index (χ0n) is 9.35. The molecule has 0 aliphatic carbocycles.